The molecule has 1 aliphatic rings. The van der Waals surface area contributed by atoms with E-state index in [0.717, 1.165) is 29.3 Å². The second kappa shape index (κ2) is 5.67. The zero-order chi connectivity index (χ0) is 12.3. The van der Waals surface area contributed by atoms with Gasteiger partial charge in [0, 0.05) is 3.57 Å². The SMILES string of the molecule is O=S(=O)(OC1CCCCC1)c1ccc(I)cc1. The van der Waals surface area contributed by atoms with Crippen molar-refractivity contribution in [3.05, 3.63) is 27.8 Å². The summed E-state index contributed by atoms with van der Waals surface area (Å²) >= 11 is 2.14. The Morgan fingerprint density at radius 2 is 1.65 bits per heavy atom. The molecule has 94 valence electrons. The smallest absolute Gasteiger partial charge is 0.263 e. The normalized spacial score (nSPS) is 18.2. The van der Waals surface area contributed by atoms with Gasteiger partial charge < -0.3 is 0 Å². The third-order valence-electron chi connectivity index (χ3n) is 2.92. The predicted octanol–water partition coefficient (Wildman–Crippen LogP) is 3.33. The summed E-state index contributed by atoms with van der Waals surface area (Å²) in [6.07, 6.45) is 4.88. The zero-order valence-corrected chi connectivity index (χ0v) is 12.4. The third kappa shape index (κ3) is 3.66. The highest BCUT2D eigenvalue weighted by Gasteiger charge is 2.23. The fraction of sp³-hybridized carbons (Fsp3) is 0.500. The first-order chi connectivity index (χ1) is 8.08. The number of hydrogen-bond donors (Lipinski definition) is 0. The maximum atomic E-state index is 12.0. The zero-order valence-electron chi connectivity index (χ0n) is 9.43. The fourth-order valence-corrected chi connectivity index (χ4v) is 3.49. The summed E-state index contributed by atoms with van der Waals surface area (Å²) in [6, 6.07) is 6.75. The van der Waals surface area contributed by atoms with Crippen molar-refractivity contribution in [2.45, 2.75) is 43.1 Å². The number of benzene rings is 1. The minimum absolute atomic E-state index is 0.131. The highest BCUT2D eigenvalue weighted by Crippen LogP contribution is 2.24. The molecule has 1 fully saturated rings. The van der Waals surface area contributed by atoms with E-state index in [4.69, 9.17) is 4.18 Å². The molecule has 1 saturated carbocycles. The summed E-state index contributed by atoms with van der Waals surface area (Å²) in [5.74, 6) is 0. The Hall–Kier alpha value is -0.140. The lowest BCUT2D eigenvalue weighted by Crippen LogP contribution is -2.21. The highest BCUT2D eigenvalue weighted by atomic mass is 127. The molecule has 0 heterocycles. The monoisotopic (exact) mass is 366 g/mol. The van der Waals surface area contributed by atoms with Gasteiger partial charge in [0.1, 0.15) is 0 Å². The van der Waals surface area contributed by atoms with Crippen molar-refractivity contribution in [3.8, 4) is 0 Å². The molecule has 0 atom stereocenters. The van der Waals surface area contributed by atoms with Gasteiger partial charge in [-0.3, -0.25) is 4.18 Å². The molecule has 2 rings (SSSR count). The van der Waals surface area contributed by atoms with E-state index in [0.29, 0.717) is 0 Å². The van der Waals surface area contributed by atoms with Crippen LogP contribution in [0.2, 0.25) is 0 Å². The molecule has 1 aromatic carbocycles. The summed E-state index contributed by atoms with van der Waals surface area (Å²) in [4.78, 5) is 0.253. The molecule has 0 saturated heterocycles. The Bertz CT molecular complexity index is 461. The van der Waals surface area contributed by atoms with Gasteiger partial charge in [0.25, 0.3) is 10.1 Å². The van der Waals surface area contributed by atoms with Gasteiger partial charge in [0.05, 0.1) is 11.0 Å². The van der Waals surface area contributed by atoms with Crippen LogP contribution in [0.3, 0.4) is 0 Å². The van der Waals surface area contributed by atoms with Gasteiger partial charge in [-0.1, -0.05) is 19.3 Å². The van der Waals surface area contributed by atoms with Crippen molar-refractivity contribution in [2.75, 3.05) is 0 Å². The van der Waals surface area contributed by atoms with E-state index >= 15 is 0 Å². The quantitative estimate of drug-likeness (QED) is 0.609. The molecule has 0 bridgehead atoms. The molecular weight excluding hydrogens is 351 g/mol. The van der Waals surface area contributed by atoms with Crippen molar-refractivity contribution in [2.24, 2.45) is 0 Å². The molecule has 0 unspecified atom stereocenters. The summed E-state index contributed by atoms with van der Waals surface area (Å²) in [6.45, 7) is 0. The molecule has 3 nitrogen and oxygen atoms in total. The molecular formula is C12H15IO3S. The van der Waals surface area contributed by atoms with E-state index in [9.17, 15) is 8.42 Å². The van der Waals surface area contributed by atoms with Crippen molar-refractivity contribution < 1.29 is 12.6 Å². The van der Waals surface area contributed by atoms with Gasteiger partial charge in [-0.15, -0.1) is 0 Å². The van der Waals surface area contributed by atoms with Crippen LogP contribution < -0.4 is 0 Å². The molecule has 1 aliphatic carbocycles. The number of rotatable bonds is 3. The summed E-state index contributed by atoms with van der Waals surface area (Å²) in [7, 11) is -3.58. The average molecular weight is 366 g/mol. The van der Waals surface area contributed by atoms with E-state index in [1.807, 2.05) is 0 Å². The van der Waals surface area contributed by atoms with E-state index in [1.54, 1.807) is 24.3 Å². The molecule has 0 aliphatic heterocycles. The molecule has 0 radical (unpaired) electrons. The Morgan fingerprint density at radius 1 is 1.06 bits per heavy atom. The van der Waals surface area contributed by atoms with Gasteiger partial charge in [0.15, 0.2) is 0 Å². The minimum Gasteiger partial charge on any atom is -0.263 e. The van der Waals surface area contributed by atoms with Crippen molar-refractivity contribution in [3.63, 3.8) is 0 Å². The average Bonchev–Trinajstić information content (AvgIpc) is 2.30. The lowest BCUT2D eigenvalue weighted by Gasteiger charge is -2.21. The Morgan fingerprint density at radius 3 is 2.24 bits per heavy atom. The maximum absolute atomic E-state index is 12.0. The van der Waals surface area contributed by atoms with Gasteiger partial charge in [0.2, 0.25) is 0 Å². The first kappa shape index (κ1) is 13.3. The van der Waals surface area contributed by atoms with Crippen LogP contribution in [0.1, 0.15) is 32.1 Å². The summed E-state index contributed by atoms with van der Waals surface area (Å²) < 4.78 is 30.3. The number of hydrogen-bond acceptors (Lipinski definition) is 3. The first-order valence-corrected chi connectivity index (χ1v) is 8.25. The highest BCUT2D eigenvalue weighted by molar-refractivity contribution is 14.1. The van der Waals surface area contributed by atoms with Crippen LogP contribution in [-0.4, -0.2) is 14.5 Å². The second-order valence-corrected chi connectivity index (χ2v) is 7.08. The van der Waals surface area contributed by atoms with Crippen molar-refractivity contribution in [1.82, 2.24) is 0 Å². The summed E-state index contributed by atoms with van der Waals surface area (Å²) in [5.41, 5.74) is 0. The molecule has 0 amide bonds. The molecule has 0 N–H and O–H groups in total. The number of halogens is 1. The van der Waals surface area contributed by atoms with Crippen LogP contribution in [0.5, 0.6) is 0 Å². The van der Waals surface area contributed by atoms with Crippen LogP contribution in [0.4, 0.5) is 0 Å². The predicted molar refractivity (Wildman–Crippen MR) is 74.3 cm³/mol. The lowest BCUT2D eigenvalue weighted by molar-refractivity contribution is 0.162. The van der Waals surface area contributed by atoms with Crippen molar-refractivity contribution in [1.29, 1.82) is 0 Å². The molecule has 17 heavy (non-hydrogen) atoms. The molecule has 0 aromatic heterocycles. The standard InChI is InChI=1S/C12H15IO3S/c13-10-6-8-12(9-7-10)17(14,15)16-11-4-2-1-3-5-11/h6-9,11H,1-5H2. The van der Waals surface area contributed by atoms with Crippen LogP contribution in [0.15, 0.2) is 29.2 Å². The van der Waals surface area contributed by atoms with E-state index in [2.05, 4.69) is 22.6 Å². The van der Waals surface area contributed by atoms with Gasteiger partial charge in [-0.25, -0.2) is 0 Å². The molecule has 1 aromatic rings. The van der Waals surface area contributed by atoms with Crippen molar-refractivity contribution >= 4 is 32.7 Å². The second-order valence-electron chi connectivity index (χ2n) is 4.26. The Labute approximate surface area is 116 Å². The Kier molecular flexibility index (Phi) is 4.43. The largest absolute Gasteiger partial charge is 0.297 e. The van der Waals surface area contributed by atoms with Crippen LogP contribution in [-0.2, 0) is 14.3 Å². The van der Waals surface area contributed by atoms with Gasteiger partial charge in [-0.05, 0) is 59.7 Å². The Balaban J connectivity index is 2.10. The third-order valence-corrected chi connectivity index (χ3v) is 5.01. The summed E-state index contributed by atoms with van der Waals surface area (Å²) in [5, 5.41) is 0. The minimum atomic E-state index is -3.58. The van der Waals surface area contributed by atoms with Gasteiger partial charge in [-0.2, -0.15) is 8.42 Å². The topological polar surface area (TPSA) is 43.4 Å². The van der Waals surface area contributed by atoms with Crippen LogP contribution >= 0.6 is 22.6 Å². The van der Waals surface area contributed by atoms with E-state index in [-0.39, 0.29) is 11.0 Å². The molecule has 5 heteroatoms. The van der Waals surface area contributed by atoms with Gasteiger partial charge >= 0.3 is 0 Å². The fourth-order valence-electron chi connectivity index (χ4n) is 2.00. The van der Waals surface area contributed by atoms with Crippen LogP contribution in [0.25, 0.3) is 0 Å². The lowest BCUT2D eigenvalue weighted by atomic mass is 9.98. The van der Waals surface area contributed by atoms with E-state index < -0.39 is 10.1 Å². The maximum Gasteiger partial charge on any atom is 0.297 e. The van der Waals surface area contributed by atoms with Crippen LogP contribution in [0, 0.1) is 3.57 Å². The molecule has 0 spiro atoms. The van der Waals surface area contributed by atoms with E-state index in [1.165, 1.54) is 6.42 Å². The first-order valence-electron chi connectivity index (χ1n) is 5.77.